The molecule has 1 fully saturated rings. The molecule has 3 N–H and O–H groups in total. The molecule has 7 nitrogen and oxygen atoms in total. The first kappa shape index (κ1) is 24.9. The SMILES string of the molecule is CC(C)C[C@]1(C)CC(=O)N(Cc2cc(F)cc(C(=O)NC(C)c3cccc(C#N)c3)c2)C(=N)N1. The minimum atomic E-state index is -0.602. The van der Waals surface area contributed by atoms with Crippen molar-refractivity contribution < 1.29 is 14.0 Å². The van der Waals surface area contributed by atoms with Crippen molar-refractivity contribution in [1.82, 2.24) is 15.5 Å². The van der Waals surface area contributed by atoms with Crippen LogP contribution in [0.1, 0.15) is 73.6 Å². The second-order valence-corrected chi connectivity index (χ2v) is 9.57. The van der Waals surface area contributed by atoms with Crippen molar-refractivity contribution in [2.75, 3.05) is 0 Å². The molecule has 0 saturated carbocycles. The summed E-state index contributed by atoms with van der Waals surface area (Å²) in [5.41, 5.74) is 1.28. The molecule has 2 aromatic carbocycles. The van der Waals surface area contributed by atoms with E-state index in [1.54, 1.807) is 31.2 Å². The van der Waals surface area contributed by atoms with E-state index in [9.17, 15) is 14.0 Å². The predicted octanol–water partition coefficient (Wildman–Crippen LogP) is 4.25. The zero-order chi connectivity index (χ0) is 25.0. The Kier molecular flexibility index (Phi) is 7.35. The topological polar surface area (TPSA) is 109 Å². The van der Waals surface area contributed by atoms with E-state index in [-0.39, 0.29) is 30.4 Å². The van der Waals surface area contributed by atoms with Crippen LogP contribution in [0.25, 0.3) is 0 Å². The molecule has 2 aromatic rings. The monoisotopic (exact) mass is 463 g/mol. The van der Waals surface area contributed by atoms with Crippen LogP contribution in [0, 0.1) is 28.5 Å². The van der Waals surface area contributed by atoms with Gasteiger partial charge in [-0.1, -0.05) is 26.0 Å². The zero-order valence-corrected chi connectivity index (χ0v) is 19.9. The second kappa shape index (κ2) is 10.0. The summed E-state index contributed by atoms with van der Waals surface area (Å²) in [6.45, 7) is 7.82. The van der Waals surface area contributed by atoms with Crippen LogP contribution in [0.5, 0.6) is 0 Å². The van der Waals surface area contributed by atoms with Gasteiger partial charge in [-0.2, -0.15) is 5.26 Å². The van der Waals surface area contributed by atoms with Gasteiger partial charge in [-0.3, -0.25) is 19.9 Å². The highest BCUT2D eigenvalue weighted by molar-refractivity contribution is 5.99. The third-order valence-electron chi connectivity index (χ3n) is 5.82. The molecular weight excluding hydrogens is 433 g/mol. The van der Waals surface area contributed by atoms with Crippen LogP contribution in [-0.2, 0) is 11.3 Å². The third kappa shape index (κ3) is 5.98. The average Bonchev–Trinajstić information content (AvgIpc) is 2.75. The summed E-state index contributed by atoms with van der Waals surface area (Å²) < 4.78 is 14.4. The number of hydrogen-bond acceptors (Lipinski definition) is 4. The van der Waals surface area contributed by atoms with E-state index in [4.69, 9.17) is 10.7 Å². The van der Waals surface area contributed by atoms with E-state index in [0.29, 0.717) is 17.0 Å². The minimum Gasteiger partial charge on any atom is -0.350 e. The number of carbonyl (C=O) groups excluding carboxylic acids is 2. The summed E-state index contributed by atoms with van der Waals surface area (Å²) in [6.07, 6.45) is 0.976. The number of nitrogens with zero attached hydrogens (tertiary/aromatic N) is 2. The van der Waals surface area contributed by atoms with Gasteiger partial charge in [-0.25, -0.2) is 4.39 Å². The number of carbonyl (C=O) groups is 2. The number of halogens is 1. The molecule has 34 heavy (non-hydrogen) atoms. The summed E-state index contributed by atoms with van der Waals surface area (Å²) in [7, 11) is 0. The summed E-state index contributed by atoms with van der Waals surface area (Å²) in [4.78, 5) is 26.9. The lowest BCUT2D eigenvalue weighted by atomic mass is 9.86. The van der Waals surface area contributed by atoms with Gasteiger partial charge in [0.2, 0.25) is 5.91 Å². The Morgan fingerprint density at radius 2 is 2.03 bits per heavy atom. The van der Waals surface area contributed by atoms with Gasteiger partial charge in [0, 0.05) is 11.1 Å². The Morgan fingerprint density at radius 3 is 2.68 bits per heavy atom. The highest BCUT2D eigenvalue weighted by Gasteiger charge is 2.38. The van der Waals surface area contributed by atoms with E-state index >= 15 is 0 Å². The highest BCUT2D eigenvalue weighted by atomic mass is 19.1. The average molecular weight is 464 g/mol. The first-order chi connectivity index (χ1) is 16.0. The van der Waals surface area contributed by atoms with Crippen LogP contribution in [0.3, 0.4) is 0 Å². The molecule has 178 valence electrons. The Balaban J connectivity index is 1.73. The molecule has 2 atom stereocenters. The molecule has 1 heterocycles. The molecule has 0 spiro atoms. The van der Waals surface area contributed by atoms with Crippen LogP contribution in [0.2, 0.25) is 0 Å². The molecule has 1 aliphatic heterocycles. The van der Waals surface area contributed by atoms with Crippen molar-refractivity contribution in [1.29, 1.82) is 10.7 Å². The fourth-order valence-electron chi connectivity index (χ4n) is 4.44. The number of benzene rings is 2. The van der Waals surface area contributed by atoms with Crippen molar-refractivity contribution in [3.63, 3.8) is 0 Å². The number of hydrogen-bond donors (Lipinski definition) is 3. The Morgan fingerprint density at radius 1 is 1.29 bits per heavy atom. The number of guanidine groups is 1. The van der Waals surface area contributed by atoms with Gasteiger partial charge >= 0.3 is 0 Å². The summed E-state index contributed by atoms with van der Waals surface area (Å²) in [6, 6.07) is 12.5. The maximum absolute atomic E-state index is 14.4. The van der Waals surface area contributed by atoms with Crippen molar-refractivity contribution in [2.45, 2.75) is 58.7 Å². The third-order valence-corrected chi connectivity index (χ3v) is 5.82. The molecule has 3 rings (SSSR count). The van der Waals surface area contributed by atoms with Crippen LogP contribution in [0.15, 0.2) is 42.5 Å². The normalized spacial score (nSPS) is 18.9. The van der Waals surface area contributed by atoms with Crippen molar-refractivity contribution >= 4 is 17.8 Å². The van der Waals surface area contributed by atoms with Crippen LogP contribution in [0.4, 0.5) is 4.39 Å². The summed E-state index contributed by atoms with van der Waals surface area (Å²) >= 11 is 0. The maximum atomic E-state index is 14.4. The quantitative estimate of drug-likeness (QED) is 0.570. The minimum absolute atomic E-state index is 0.0137. The second-order valence-electron chi connectivity index (χ2n) is 9.57. The molecule has 1 saturated heterocycles. The largest absolute Gasteiger partial charge is 0.350 e. The van der Waals surface area contributed by atoms with Crippen LogP contribution < -0.4 is 10.6 Å². The Hall–Kier alpha value is -3.73. The lowest BCUT2D eigenvalue weighted by Crippen LogP contribution is -2.61. The zero-order valence-electron chi connectivity index (χ0n) is 19.9. The molecule has 1 unspecified atom stereocenters. The molecule has 2 amide bonds. The number of nitrogens with one attached hydrogen (secondary N) is 3. The maximum Gasteiger partial charge on any atom is 0.251 e. The molecule has 0 aliphatic carbocycles. The fourth-order valence-corrected chi connectivity index (χ4v) is 4.44. The highest BCUT2D eigenvalue weighted by Crippen LogP contribution is 2.26. The molecular formula is C26H30FN5O2. The van der Waals surface area contributed by atoms with E-state index in [1.165, 1.54) is 17.0 Å². The lowest BCUT2D eigenvalue weighted by Gasteiger charge is -2.41. The van der Waals surface area contributed by atoms with Gasteiger partial charge in [0.15, 0.2) is 5.96 Å². The van der Waals surface area contributed by atoms with Gasteiger partial charge in [0.1, 0.15) is 5.82 Å². The van der Waals surface area contributed by atoms with Crippen LogP contribution >= 0.6 is 0 Å². The number of nitriles is 1. The number of rotatable bonds is 7. The van der Waals surface area contributed by atoms with Gasteiger partial charge in [0.05, 0.1) is 30.6 Å². The van der Waals surface area contributed by atoms with E-state index < -0.39 is 23.3 Å². The lowest BCUT2D eigenvalue weighted by molar-refractivity contribution is -0.131. The first-order valence-corrected chi connectivity index (χ1v) is 11.3. The summed E-state index contributed by atoms with van der Waals surface area (Å²) in [5, 5.41) is 23.4. The van der Waals surface area contributed by atoms with E-state index in [0.717, 1.165) is 18.1 Å². The van der Waals surface area contributed by atoms with E-state index in [2.05, 4.69) is 30.6 Å². The smallest absolute Gasteiger partial charge is 0.251 e. The van der Waals surface area contributed by atoms with Gasteiger partial charge in [0.25, 0.3) is 5.91 Å². The molecule has 1 aliphatic rings. The Labute approximate surface area is 199 Å². The van der Waals surface area contributed by atoms with Crippen molar-refractivity contribution in [3.05, 3.63) is 70.5 Å². The Bertz CT molecular complexity index is 1140. The molecule has 0 radical (unpaired) electrons. The number of amides is 2. The van der Waals surface area contributed by atoms with Crippen molar-refractivity contribution in [2.24, 2.45) is 5.92 Å². The van der Waals surface area contributed by atoms with Crippen LogP contribution in [-0.4, -0.2) is 28.2 Å². The van der Waals surface area contributed by atoms with E-state index in [1.807, 2.05) is 6.92 Å². The summed E-state index contributed by atoms with van der Waals surface area (Å²) in [5.74, 6) is -0.957. The first-order valence-electron chi connectivity index (χ1n) is 11.3. The van der Waals surface area contributed by atoms with Gasteiger partial charge < -0.3 is 10.6 Å². The van der Waals surface area contributed by atoms with Gasteiger partial charge in [-0.05, 0) is 67.6 Å². The molecule has 0 aromatic heterocycles. The standard InChI is InChI=1S/C26H30FN5O2/c1-16(2)12-26(4)13-23(33)32(25(29)31-26)15-19-9-21(11-22(27)10-19)24(34)30-17(3)20-7-5-6-18(8-20)14-28/h5-11,16-17H,12-13,15H2,1-4H3,(H2,29,31)(H,30,34)/t17?,26-/m1/s1. The van der Waals surface area contributed by atoms with Crippen molar-refractivity contribution in [3.8, 4) is 6.07 Å². The predicted molar refractivity (Wildman–Crippen MR) is 127 cm³/mol. The molecule has 0 bridgehead atoms. The van der Waals surface area contributed by atoms with Gasteiger partial charge in [-0.15, -0.1) is 0 Å². The fraction of sp³-hybridized carbons (Fsp3) is 0.385. The molecule has 8 heteroatoms.